The number of carbonyl (C=O) groups is 1. The number of pyridine rings is 1. The number of aromatic nitrogens is 1. The number of nitrogens with one attached hydrogen (secondary N) is 1. The Hall–Kier alpha value is -1.65. The maximum absolute atomic E-state index is 12.0. The number of hydrogen-bond acceptors (Lipinski definition) is 3. The Balaban J connectivity index is 2.27. The van der Waals surface area contributed by atoms with E-state index in [0.717, 1.165) is 5.39 Å². The fourth-order valence-electron chi connectivity index (χ4n) is 1.75. The van der Waals surface area contributed by atoms with Crippen molar-refractivity contribution in [2.75, 3.05) is 6.61 Å². The van der Waals surface area contributed by atoms with E-state index >= 15 is 0 Å². The van der Waals surface area contributed by atoms with Gasteiger partial charge >= 0.3 is 0 Å². The van der Waals surface area contributed by atoms with E-state index in [1.165, 1.54) is 0 Å². The Morgan fingerprint density at radius 3 is 2.84 bits per heavy atom. The smallest absolute Gasteiger partial charge is 0.270 e. The van der Waals surface area contributed by atoms with E-state index in [9.17, 15) is 4.79 Å². The van der Waals surface area contributed by atoms with Gasteiger partial charge in [-0.15, -0.1) is 0 Å². The van der Waals surface area contributed by atoms with Gasteiger partial charge in [0.05, 0.1) is 18.2 Å². The van der Waals surface area contributed by atoms with Crippen LogP contribution < -0.4 is 5.32 Å². The van der Waals surface area contributed by atoms with Crippen LogP contribution in [0.15, 0.2) is 30.3 Å². The highest BCUT2D eigenvalue weighted by atomic mass is 35.5. The monoisotopic (exact) mass is 278 g/mol. The summed E-state index contributed by atoms with van der Waals surface area (Å²) in [4.78, 5) is 16.3. The molecule has 2 N–H and O–H groups in total. The number of benzene rings is 1. The molecule has 5 heteroatoms. The third kappa shape index (κ3) is 3.22. The summed E-state index contributed by atoms with van der Waals surface area (Å²) in [6, 6.07) is 8.60. The van der Waals surface area contributed by atoms with Crippen LogP contribution in [-0.2, 0) is 0 Å². The standard InChI is InChI=1S/C14H15ClN2O2/c1-2-11(8-18)16-14(19)12-6-4-9-3-5-10(15)7-13(9)17-12/h3-7,11,18H,2,8H2,1H3,(H,16,19). The van der Waals surface area contributed by atoms with Gasteiger partial charge in [0.2, 0.25) is 0 Å². The van der Waals surface area contributed by atoms with Crippen molar-refractivity contribution in [2.45, 2.75) is 19.4 Å². The summed E-state index contributed by atoms with van der Waals surface area (Å²) in [5.74, 6) is -0.289. The second kappa shape index (κ2) is 5.99. The Morgan fingerprint density at radius 2 is 2.16 bits per heavy atom. The molecule has 2 aromatic rings. The Morgan fingerprint density at radius 1 is 1.42 bits per heavy atom. The summed E-state index contributed by atoms with van der Waals surface area (Å²) in [6.07, 6.45) is 0.668. The molecule has 0 spiro atoms. The molecule has 1 unspecified atom stereocenters. The lowest BCUT2D eigenvalue weighted by Gasteiger charge is -2.13. The Kier molecular flexibility index (Phi) is 4.35. The van der Waals surface area contributed by atoms with Gasteiger partial charge in [0.25, 0.3) is 5.91 Å². The number of rotatable bonds is 4. The first-order chi connectivity index (χ1) is 9.13. The zero-order valence-electron chi connectivity index (χ0n) is 10.6. The number of carbonyl (C=O) groups excluding carboxylic acids is 1. The second-order valence-electron chi connectivity index (χ2n) is 4.29. The van der Waals surface area contributed by atoms with Gasteiger partial charge in [-0.3, -0.25) is 4.79 Å². The molecule has 1 heterocycles. The fourth-order valence-corrected chi connectivity index (χ4v) is 1.92. The number of hydrogen-bond donors (Lipinski definition) is 2. The normalized spacial score (nSPS) is 12.4. The van der Waals surface area contributed by atoms with Crippen molar-refractivity contribution in [2.24, 2.45) is 0 Å². The van der Waals surface area contributed by atoms with Crippen LogP contribution in [0.1, 0.15) is 23.8 Å². The third-order valence-corrected chi connectivity index (χ3v) is 3.17. The van der Waals surface area contributed by atoms with Crippen molar-refractivity contribution >= 4 is 28.4 Å². The Bertz CT molecular complexity index is 597. The second-order valence-corrected chi connectivity index (χ2v) is 4.73. The molecule has 0 aliphatic carbocycles. The van der Waals surface area contributed by atoms with Crippen LogP contribution in [0.5, 0.6) is 0 Å². The van der Waals surface area contributed by atoms with Crippen LogP contribution in [0.4, 0.5) is 0 Å². The van der Waals surface area contributed by atoms with E-state index in [4.69, 9.17) is 16.7 Å². The zero-order valence-corrected chi connectivity index (χ0v) is 11.3. The molecule has 1 aromatic heterocycles. The summed E-state index contributed by atoms with van der Waals surface area (Å²) in [6.45, 7) is 1.82. The summed E-state index contributed by atoms with van der Waals surface area (Å²) in [5.41, 5.74) is 0.999. The predicted molar refractivity (Wildman–Crippen MR) is 75.4 cm³/mol. The first-order valence-electron chi connectivity index (χ1n) is 6.12. The average Bonchev–Trinajstić information content (AvgIpc) is 2.43. The average molecular weight is 279 g/mol. The van der Waals surface area contributed by atoms with Crippen LogP contribution in [0, 0.1) is 0 Å². The minimum absolute atomic E-state index is 0.0817. The molecule has 0 radical (unpaired) electrons. The first kappa shape index (κ1) is 13.8. The predicted octanol–water partition coefficient (Wildman–Crippen LogP) is 2.39. The maximum atomic E-state index is 12.0. The van der Waals surface area contributed by atoms with E-state index in [2.05, 4.69) is 10.3 Å². The molecule has 1 amide bonds. The van der Waals surface area contributed by atoms with E-state index in [-0.39, 0.29) is 18.6 Å². The lowest BCUT2D eigenvalue weighted by atomic mass is 10.2. The van der Waals surface area contributed by atoms with Crippen LogP contribution in [-0.4, -0.2) is 28.6 Å². The van der Waals surface area contributed by atoms with Gasteiger partial charge in [0.15, 0.2) is 0 Å². The van der Waals surface area contributed by atoms with Crippen molar-refractivity contribution in [3.63, 3.8) is 0 Å². The summed E-state index contributed by atoms with van der Waals surface area (Å²) < 4.78 is 0. The van der Waals surface area contributed by atoms with Crippen LogP contribution >= 0.6 is 11.6 Å². The van der Waals surface area contributed by atoms with Gasteiger partial charge < -0.3 is 10.4 Å². The van der Waals surface area contributed by atoms with Crippen molar-refractivity contribution in [3.05, 3.63) is 41.0 Å². The molecule has 0 bridgehead atoms. The minimum atomic E-state index is -0.289. The van der Waals surface area contributed by atoms with E-state index in [0.29, 0.717) is 22.7 Å². The summed E-state index contributed by atoms with van der Waals surface area (Å²) >= 11 is 5.91. The highest BCUT2D eigenvalue weighted by Crippen LogP contribution is 2.18. The number of fused-ring (bicyclic) bond motifs is 1. The topological polar surface area (TPSA) is 62.2 Å². The van der Waals surface area contributed by atoms with Crippen molar-refractivity contribution in [1.82, 2.24) is 10.3 Å². The Labute approximate surface area is 116 Å². The number of aliphatic hydroxyl groups is 1. The van der Waals surface area contributed by atoms with Gasteiger partial charge in [0.1, 0.15) is 5.69 Å². The van der Waals surface area contributed by atoms with Crippen LogP contribution in [0.2, 0.25) is 5.02 Å². The van der Waals surface area contributed by atoms with Crippen molar-refractivity contribution < 1.29 is 9.90 Å². The highest BCUT2D eigenvalue weighted by molar-refractivity contribution is 6.31. The van der Waals surface area contributed by atoms with E-state index < -0.39 is 0 Å². The molecule has 1 aromatic carbocycles. The third-order valence-electron chi connectivity index (χ3n) is 2.94. The molecule has 4 nitrogen and oxygen atoms in total. The van der Waals surface area contributed by atoms with E-state index in [1.54, 1.807) is 18.2 Å². The number of halogens is 1. The molecule has 100 valence electrons. The lowest BCUT2D eigenvalue weighted by Crippen LogP contribution is -2.37. The SMILES string of the molecule is CCC(CO)NC(=O)c1ccc2ccc(Cl)cc2n1. The summed E-state index contributed by atoms with van der Waals surface area (Å²) in [7, 11) is 0. The van der Waals surface area contributed by atoms with Gasteiger partial charge in [-0.1, -0.05) is 30.7 Å². The number of aliphatic hydroxyl groups excluding tert-OH is 1. The first-order valence-corrected chi connectivity index (χ1v) is 6.50. The molecular weight excluding hydrogens is 264 g/mol. The zero-order chi connectivity index (χ0) is 13.8. The lowest BCUT2D eigenvalue weighted by molar-refractivity contribution is 0.0910. The maximum Gasteiger partial charge on any atom is 0.270 e. The van der Waals surface area contributed by atoms with Crippen molar-refractivity contribution in [1.29, 1.82) is 0 Å². The highest BCUT2D eigenvalue weighted by Gasteiger charge is 2.12. The molecule has 19 heavy (non-hydrogen) atoms. The van der Waals surface area contributed by atoms with Gasteiger partial charge in [0, 0.05) is 10.4 Å². The van der Waals surface area contributed by atoms with Crippen LogP contribution in [0.25, 0.3) is 10.9 Å². The van der Waals surface area contributed by atoms with Crippen LogP contribution in [0.3, 0.4) is 0 Å². The molecule has 0 aliphatic rings. The van der Waals surface area contributed by atoms with Gasteiger partial charge in [-0.25, -0.2) is 4.98 Å². The molecule has 0 aliphatic heterocycles. The number of amides is 1. The fraction of sp³-hybridized carbons (Fsp3) is 0.286. The number of nitrogens with zero attached hydrogens (tertiary/aromatic N) is 1. The van der Waals surface area contributed by atoms with Gasteiger partial charge in [-0.2, -0.15) is 0 Å². The summed E-state index contributed by atoms with van der Waals surface area (Å²) in [5, 5.41) is 13.3. The molecule has 1 atom stereocenters. The minimum Gasteiger partial charge on any atom is -0.394 e. The van der Waals surface area contributed by atoms with Crippen molar-refractivity contribution in [3.8, 4) is 0 Å². The molecule has 2 rings (SSSR count). The van der Waals surface area contributed by atoms with E-state index in [1.807, 2.05) is 19.1 Å². The molecular formula is C14H15ClN2O2. The van der Waals surface area contributed by atoms with Gasteiger partial charge in [-0.05, 0) is 24.6 Å². The largest absolute Gasteiger partial charge is 0.394 e. The quantitative estimate of drug-likeness (QED) is 0.903. The molecule has 0 saturated carbocycles. The molecule has 0 saturated heterocycles. The molecule has 0 fully saturated rings.